The molecule has 0 aromatic carbocycles. The van der Waals surface area contributed by atoms with Crippen molar-refractivity contribution >= 4 is 11.9 Å². The minimum Gasteiger partial charge on any atom is -0.341 e. The summed E-state index contributed by atoms with van der Waals surface area (Å²) in [6, 6.07) is 0.503. The van der Waals surface area contributed by atoms with Gasteiger partial charge in [0.05, 0.1) is 0 Å². The van der Waals surface area contributed by atoms with Crippen LogP contribution < -0.4 is 16.2 Å². The standard InChI is InChI=1S/C11H16N8/c1-18(8-3-2-4-8)10-14-9(17-12)15-11(16-10)19-6-5-13-7-19/h5-8H,2-4,12H2,1H3,(H,14,15,16,17). The second kappa shape index (κ2) is 4.81. The van der Waals surface area contributed by atoms with Crippen LogP contribution in [0, 0.1) is 0 Å². The third-order valence-electron chi connectivity index (χ3n) is 3.41. The van der Waals surface area contributed by atoms with Crippen LogP contribution in [0.2, 0.25) is 0 Å². The van der Waals surface area contributed by atoms with Gasteiger partial charge in [-0.15, -0.1) is 0 Å². The normalized spacial score (nSPS) is 15.1. The fourth-order valence-corrected chi connectivity index (χ4v) is 2.01. The number of hydrazine groups is 1. The zero-order chi connectivity index (χ0) is 13.2. The highest BCUT2D eigenvalue weighted by atomic mass is 15.4. The lowest BCUT2D eigenvalue weighted by atomic mass is 9.92. The Kier molecular flexibility index (Phi) is 3.00. The van der Waals surface area contributed by atoms with Crippen molar-refractivity contribution in [2.24, 2.45) is 5.84 Å². The van der Waals surface area contributed by atoms with Crippen LogP contribution in [0.5, 0.6) is 0 Å². The Hall–Kier alpha value is -2.22. The Morgan fingerprint density at radius 2 is 2.21 bits per heavy atom. The Morgan fingerprint density at radius 3 is 2.79 bits per heavy atom. The molecule has 100 valence electrons. The van der Waals surface area contributed by atoms with Crippen LogP contribution in [0.1, 0.15) is 19.3 Å². The van der Waals surface area contributed by atoms with E-state index in [1.54, 1.807) is 23.3 Å². The molecule has 1 aliphatic rings. The third kappa shape index (κ3) is 2.22. The van der Waals surface area contributed by atoms with E-state index in [1.807, 2.05) is 7.05 Å². The van der Waals surface area contributed by atoms with E-state index >= 15 is 0 Å². The van der Waals surface area contributed by atoms with Crippen LogP contribution in [0.15, 0.2) is 18.7 Å². The summed E-state index contributed by atoms with van der Waals surface area (Å²) in [6.45, 7) is 0. The molecule has 3 rings (SSSR count). The summed E-state index contributed by atoms with van der Waals surface area (Å²) in [4.78, 5) is 19.0. The molecule has 0 bridgehead atoms. The molecule has 2 aromatic rings. The molecule has 0 unspecified atom stereocenters. The van der Waals surface area contributed by atoms with Gasteiger partial charge < -0.3 is 4.90 Å². The van der Waals surface area contributed by atoms with E-state index in [9.17, 15) is 0 Å². The fraction of sp³-hybridized carbons (Fsp3) is 0.455. The SMILES string of the molecule is CN(c1nc(NN)nc(-n2ccnc2)n1)C1CCC1. The topological polar surface area (TPSA) is 97.8 Å². The van der Waals surface area contributed by atoms with E-state index in [0.29, 0.717) is 23.9 Å². The van der Waals surface area contributed by atoms with Gasteiger partial charge in [0.2, 0.25) is 17.8 Å². The molecule has 8 heteroatoms. The molecule has 0 atom stereocenters. The molecule has 19 heavy (non-hydrogen) atoms. The lowest BCUT2D eigenvalue weighted by molar-refractivity contribution is 0.397. The highest BCUT2D eigenvalue weighted by molar-refractivity contribution is 5.40. The molecule has 0 aliphatic heterocycles. The number of hydrogen-bond acceptors (Lipinski definition) is 7. The van der Waals surface area contributed by atoms with E-state index < -0.39 is 0 Å². The van der Waals surface area contributed by atoms with E-state index in [4.69, 9.17) is 5.84 Å². The number of nitrogens with zero attached hydrogens (tertiary/aromatic N) is 6. The minimum absolute atomic E-state index is 0.347. The first-order chi connectivity index (χ1) is 9.28. The van der Waals surface area contributed by atoms with Crippen molar-refractivity contribution in [1.82, 2.24) is 24.5 Å². The number of nitrogens with one attached hydrogen (secondary N) is 1. The second-order valence-corrected chi connectivity index (χ2v) is 4.57. The van der Waals surface area contributed by atoms with Gasteiger partial charge in [0.15, 0.2) is 0 Å². The quantitative estimate of drug-likeness (QED) is 0.604. The highest BCUT2D eigenvalue weighted by Crippen LogP contribution is 2.26. The first-order valence-corrected chi connectivity index (χ1v) is 6.22. The maximum absolute atomic E-state index is 5.42. The zero-order valence-corrected chi connectivity index (χ0v) is 10.7. The molecular formula is C11H16N8. The van der Waals surface area contributed by atoms with Crippen LogP contribution in [-0.4, -0.2) is 37.6 Å². The van der Waals surface area contributed by atoms with Gasteiger partial charge in [-0.2, -0.15) is 15.0 Å². The molecule has 2 aromatic heterocycles. The Morgan fingerprint density at radius 1 is 1.37 bits per heavy atom. The number of aromatic nitrogens is 5. The molecule has 0 saturated heterocycles. The summed E-state index contributed by atoms with van der Waals surface area (Å²) in [5.74, 6) is 6.89. The van der Waals surface area contributed by atoms with Crippen molar-refractivity contribution in [2.45, 2.75) is 25.3 Å². The molecule has 1 fully saturated rings. The molecule has 1 aliphatic carbocycles. The largest absolute Gasteiger partial charge is 0.341 e. The number of imidazole rings is 1. The molecule has 8 nitrogen and oxygen atoms in total. The maximum atomic E-state index is 5.42. The monoisotopic (exact) mass is 260 g/mol. The van der Waals surface area contributed by atoms with Gasteiger partial charge in [-0.1, -0.05) is 0 Å². The van der Waals surface area contributed by atoms with Crippen molar-refractivity contribution in [3.63, 3.8) is 0 Å². The smallest absolute Gasteiger partial charge is 0.243 e. The predicted molar refractivity (Wildman–Crippen MR) is 70.8 cm³/mol. The van der Waals surface area contributed by atoms with Gasteiger partial charge in [0.1, 0.15) is 6.33 Å². The summed E-state index contributed by atoms with van der Waals surface area (Å²) < 4.78 is 1.72. The van der Waals surface area contributed by atoms with Crippen LogP contribution in [0.3, 0.4) is 0 Å². The molecule has 2 heterocycles. The number of nitrogen functional groups attached to an aromatic ring is 1. The lowest BCUT2D eigenvalue weighted by Crippen LogP contribution is -2.38. The van der Waals surface area contributed by atoms with E-state index in [2.05, 4.69) is 30.3 Å². The van der Waals surface area contributed by atoms with Crippen molar-refractivity contribution in [2.75, 3.05) is 17.4 Å². The molecule has 0 radical (unpaired) electrons. The van der Waals surface area contributed by atoms with E-state index in [0.717, 1.165) is 0 Å². The van der Waals surface area contributed by atoms with Gasteiger partial charge in [-0.25, -0.2) is 10.8 Å². The van der Waals surface area contributed by atoms with Crippen molar-refractivity contribution in [1.29, 1.82) is 0 Å². The number of hydrogen-bond donors (Lipinski definition) is 2. The van der Waals surface area contributed by atoms with Crippen LogP contribution in [0.25, 0.3) is 5.95 Å². The summed E-state index contributed by atoms with van der Waals surface area (Å²) in [5.41, 5.74) is 2.48. The summed E-state index contributed by atoms with van der Waals surface area (Å²) in [6.07, 6.45) is 8.71. The number of anilines is 2. The minimum atomic E-state index is 0.347. The van der Waals surface area contributed by atoms with Crippen molar-refractivity contribution < 1.29 is 0 Å². The molecule has 0 spiro atoms. The average molecular weight is 260 g/mol. The summed E-state index contributed by atoms with van der Waals surface area (Å²) in [5, 5.41) is 0. The van der Waals surface area contributed by atoms with Gasteiger partial charge in [0, 0.05) is 25.5 Å². The number of rotatable bonds is 4. The lowest BCUT2D eigenvalue weighted by Gasteiger charge is -2.34. The first-order valence-electron chi connectivity index (χ1n) is 6.22. The number of nitrogens with two attached hydrogens (primary N) is 1. The first kappa shape index (κ1) is 11.8. The zero-order valence-electron chi connectivity index (χ0n) is 10.7. The highest BCUT2D eigenvalue weighted by Gasteiger charge is 2.24. The van der Waals surface area contributed by atoms with Gasteiger partial charge >= 0.3 is 0 Å². The van der Waals surface area contributed by atoms with Gasteiger partial charge in [-0.3, -0.25) is 9.99 Å². The molecule has 1 saturated carbocycles. The summed E-state index contributed by atoms with van der Waals surface area (Å²) >= 11 is 0. The molecule has 0 amide bonds. The second-order valence-electron chi connectivity index (χ2n) is 4.57. The van der Waals surface area contributed by atoms with Crippen molar-refractivity contribution in [3.8, 4) is 5.95 Å². The van der Waals surface area contributed by atoms with Crippen LogP contribution in [0.4, 0.5) is 11.9 Å². The van der Waals surface area contributed by atoms with Gasteiger partial charge in [0.25, 0.3) is 0 Å². The molecule has 3 N–H and O–H groups in total. The van der Waals surface area contributed by atoms with Crippen LogP contribution in [-0.2, 0) is 0 Å². The van der Waals surface area contributed by atoms with E-state index in [1.165, 1.54) is 19.3 Å². The fourth-order valence-electron chi connectivity index (χ4n) is 2.01. The average Bonchev–Trinajstić information content (AvgIpc) is 2.90. The Labute approximate surface area is 110 Å². The van der Waals surface area contributed by atoms with E-state index in [-0.39, 0.29) is 0 Å². The molecular weight excluding hydrogens is 244 g/mol. The predicted octanol–water partition coefficient (Wildman–Crippen LogP) is 0.332. The Bertz CT molecular complexity index is 548. The van der Waals surface area contributed by atoms with Crippen molar-refractivity contribution in [3.05, 3.63) is 18.7 Å². The van der Waals surface area contributed by atoms with Crippen LogP contribution >= 0.6 is 0 Å². The third-order valence-corrected chi connectivity index (χ3v) is 3.41. The maximum Gasteiger partial charge on any atom is 0.243 e. The Balaban J connectivity index is 1.97. The summed E-state index contributed by atoms with van der Waals surface area (Å²) in [7, 11) is 2.00. The van der Waals surface area contributed by atoms with Gasteiger partial charge in [-0.05, 0) is 19.3 Å².